The minimum Gasteiger partial charge on any atom is -0.481 e. The highest BCUT2D eigenvalue weighted by atomic mass is 19.4. The molecule has 0 heterocycles. The van der Waals surface area contributed by atoms with Crippen molar-refractivity contribution in [1.29, 1.82) is 0 Å². The number of nitrogens with one attached hydrogen (secondary N) is 2. The van der Waals surface area contributed by atoms with Gasteiger partial charge in [0.05, 0.1) is 6.42 Å². The third kappa shape index (κ3) is 7.56. The molecule has 1 amide bonds. The first-order chi connectivity index (χ1) is 15.1. The molecule has 0 aromatic heterocycles. The van der Waals surface area contributed by atoms with E-state index < -0.39 is 12.3 Å². The van der Waals surface area contributed by atoms with Crippen LogP contribution in [0, 0.1) is 0 Å². The Kier molecular flexibility index (Phi) is 9.07. The minimum atomic E-state index is -4.74. The van der Waals surface area contributed by atoms with E-state index in [9.17, 15) is 22.8 Å². The summed E-state index contributed by atoms with van der Waals surface area (Å²) in [5, 5.41) is 14.5. The van der Waals surface area contributed by atoms with Gasteiger partial charge in [0.1, 0.15) is 5.75 Å². The predicted molar refractivity (Wildman–Crippen MR) is 114 cm³/mol. The van der Waals surface area contributed by atoms with Crippen molar-refractivity contribution in [2.24, 2.45) is 0 Å². The van der Waals surface area contributed by atoms with E-state index in [1.807, 2.05) is 19.1 Å². The molecule has 2 aromatic carbocycles. The van der Waals surface area contributed by atoms with E-state index in [-0.39, 0.29) is 36.6 Å². The molecule has 9 heteroatoms. The fourth-order valence-corrected chi connectivity index (χ4v) is 3.58. The van der Waals surface area contributed by atoms with E-state index >= 15 is 0 Å². The molecule has 32 heavy (non-hydrogen) atoms. The van der Waals surface area contributed by atoms with E-state index in [0.717, 1.165) is 24.0 Å². The molecule has 0 bridgehead atoms. The largest absolute Gasteiger partial charge is 0.573 e. The predicted octanol–water partition coefficient (Wildman–Crippen LogP) is 4.63. The van der Waals surface area contributed by atoms with Crippen LogP contribution >= 0.6 is 0 Å². The number of rotatable bonds is 11. The molecule has 3 N–H and O–H groups in total. The van der Waals surface area contributed by atoms with Crippen LogP contribution in [0.3, 0.4) is 0 Å². The van der Waals surface area contributed by atoms with Crippen LogP contribution < -0.4 is 15.4 Å². The summed E-state index contributed by atoms with van der Waals surface area (Å²) in [5.74, 6) is -1.60. The lowest BCUT2D eigenvalue weighted by molar-refractivity contribution is -0.274. The number of amides is 1. The van der Waals surface area contributed by atoms with Gasteiger partial charge in [-0.1, -0.05) is 37.6 Å². The van der Waals surface area contributed by atoms with Crippen molar-refractivity contribution in [3.8, 4) is 5.75 Å². The molecule has 0 spiro atoms. The lowest BCUT2D eigenvalue weighted by atomic mass is 9.83. The topological polar surface area (TPSA) is 87.7 Å². The highest BCUT2D eigenvalue weighted by molar-refractivity contribution is 5.94. The number of benzene rings is 2. The third-order valence-electron chi connectivity index (χ3n) is 5.01. The molecule has 2 rings (SSSR count). The Labute approximate surface area is 184 Å². The van der Waals surface area contributed by atoms with Crippen molar-refractivity contribution in [2.75, 3.05) is 13.6 Å². The van der Waals surface area contributed by atoms with Crippen molar-refractivity contribution < 1.29 is 32.6 Å². The number of carbonyl (C=O) groups is 2. The van der Waals surface area contributed by atoms with Crippen LogP contribution in [-0.2, 0) is 4.79 Å². The maximum atomic E-state index is 12.4. The average molecular weight is 452 g/mol. The molecule has 0 aliphatic rings. The molecule has 0 saturated heterocycles. The normalized spacial score (nSPS) is 13.3. The van der Waals surface area contributed by atoms with Crippen molar-refractivity contribution in [1.82, 2.24) is 10.6 Å². The molecule has 2 unspecified atom stereocenters. The Hall–Kier alpha value is -3.07. The lowest BCUT2D eigenvalue weighted by Gasteiger charge is -2.28. The number of hydrogen-bond acceptors (Lipinski definition) is 4. The van der Waals surface area contributed by atoms with Gasteiger partial charge >= 0.3 is 12.3 Å². The molecule has 0 aliphatic carbocycles. The van der Waals surface area contributed by atoms with Gasteiger partial charge in [-0.25, -0.2) is 0 Å². The molecular weight excluding hydrogens is 425 g/mol. The average Bonchev–Trinajstić information content (AvgIpc) is 2.73. The first-order valence-electron chi connectivity index (χ1n) is 10.3. The highest BCUT2D eigenvalue weighted by Crippen LogP contribution is 2.35. The molecular formula is C23H27F3N2O4. The minimum absolute atomic E-state index is 0.0171. The van der Waals surface area contributed by atoms with Crippen LogP contribution in [0.2, 0.25) is 0 Å². The fourth-order valence-electron chi connectivity index (χ4n) is 3.58. The van der Waals surface area contributed by atoms with Gasteiger partial charge < -0.3 is 20.5 Å². The number of aliphatic carboxylic acids is 1. The van der Waals surface area contributed by atoms with Crippen LogP contribution in [0.4, 0.5) is 13.2 Å². The molecule has 2 atom stereocenters. The zero-order valence-corrected chi connectivity index (χ0v) is 17.9. The standard InChI is InChI=1S/C23H27F3N2O4/c1-3-4-19(15-5-7-17(8-6-15)22(31)28-14-13-20(29)30)21(27-2)16-9-11-18(12-10-16)32-23(24,25)26/h5-12,19,21,27H,3-4,13-14H2,1-2H3,(H,28,31)(H,29,30). The summed E-state index contributed by atoms with van der Waals surface area (Å²) < 4.78 is 41.2. The number of carboxylic acid groups (broad SMARTS) is 1. The number of alkyl halides is 3. The second-order valence-electron chi connectivity index (χ2n) is 7.30. The van der Waals surface area contributed by atoms with E-state index in [1.165, 1.54) is 12.1 Å². The van der Waals surface area contributed by atoms with Crippen LogP contribution in [0.25, 0.3) is 0 Å². The summed E-state index contributed by atoms with van der Waals surface area (Å²) >= 11 is 0. The number of carboxylic acids is 1. The van der Waals surface area contributed by atoms with Gasteiger partial charge in [0, 0.05) is 24.1 Å². The van der Waals surface area contributed by atoms with Crippen molar-refractivity contribution in [3.05, 3.63) is 65.2 Å². The van der Waals surface area contributed by atoms with Gasteiger partial charge in [0.2, 0.25) is 0 Å². The Bertz CT molecular complexity index is 884. The number of halogens is 3. The number of hydrogen-bond donors (Lipinski definition) is 3. The van der Waals surface area contributed by atoms with E-state index in [0.29, 0.717) is 5.56 Å². The Morgan fingerprint density at radius 3 is 2.12 bits per heavy atom. The third-order valence-corrected chi connectivity index (χ3v) is 5.01. The van der Waals surface area contributed by atoms with Crippen LogP contribution in [0.5, 0.6) is 5.75 Å². The maximum absolute atomic E-state index is 12.4. The highest BCUT2D eigenvalue weighted by Gasteiger charge is 2.31. The quantitative estimate of drug-likeness (QED) is 0.463. The number of ether oxygens (including phenoxy) is 1. The molecule has 174 valence electrons. The summed E-state index contributed by atoms with van der Waals surface area (Å²) in [6.07, 6.45) is -3.19. The maximum Gasteiger partial charge on any atom is 0.573 e. The van der Waals surface area contributed by atoms with Crippen LogP contribution in [0.1, 0.15) is 59.6 Å². The Morgan fingerprint density at radius 2 is 1.62 bits per heavy atom. The van der Waals surface area contributed by atoms with Crippen molar-refractivity contribution >= 4 is 11.9 Å². The van der Waals surface area contributed by atoms with Gasteiger partial charge in [-0.2, -0.15) is 0 Å². The first kappa shape index (κ1) is 25.2. The van der Waals surface area contributed by atoms with E-state index in [4.69, 9.17) is 5.11 Å². The van der Waals surface area contributed by atoms with Gasteiger partial charge in [-0.05, 0) is 48.9 Å². The zero-order chi connectivity index (χ0) is 23.7. The van der Waals surface area contributed by atoms with Gasteiger partial charge in [0.15, 0.2) is 0 Å². The van der Waals surface area contributed by atoms with Gasteiger partial charge in [0.25, 0.3) is 5.91 Å². The zero-order valence-electron chi connectivity index (χ0n) is 17.9. The molecule has 0 aliphatic heterocycles. The Balaban J connectivity index is 2.18. The van der Waals surface area contributed by atoms with E-state index in [2.05, 4.69) is 15.4 Å². The summed E-state index contributed by atoms with van der Waals surface area (Å²) in [6.45, 7) is 2.09. The SMILES string of the molecule is CCCC(c1ccc(C(=O)NCCC(=O)O)cc1)C(NC)c1ccc(OC(F)(F)F)cc1. The van der Waals surface area contributed by atoms with Crippen molar-refractivity contribution in [2.45, 2.75) is 44.5 Å². The van der Waals surface area contributed by atoms with Gasteiger partial charge in [-0.3, -0.25) is 9.59 Å². The first-order valence-corrected chi connectivity index (χ1v) is 10.3. The second kappa shape index (κ2) is 11.5. The summed E-state index contributed by atoms with van der Waals surface area (Å²) in [6, 6.07) is 12.7. The van der Waals surface area contributed by atoms with Crippen molar-refractivity contribution in [3.63, 3.8) is 0 Å². The van der Waals surface area contributed by atoms with E-state index in [1.54, 1.807) is 31.3 Å². The lowest BCUT2D eigenvalue weighted by Crippen LogP contribution is -2.26. The smallest absolute Gasteiger partial charge is 0.481 e. The summed E-state index contributed by atoms with van der Waals surface area (Å²) in [7, 11) is 1.79. The monoisotopic (exact) mass is 452 g/mol. The van der Waals surface area contributed by atoms with Crippen LogP contribution in [-0.4, -0.2) is 36.9 Å². The summed E-state index contributed by atoms with van der Waals surface area (Å²) in [4.78, 5) is 22.7. The Morgan fingerprint density at radius 1 is 1.03 bits per heavy atom. The molecule has 2 aromatic rings. The molecule has 6 nitrogen and oxygen atoms in total. The molecule has 0 saturated carbocycles. The number of likely N-dealkylation sites (N-methyl/N-ethyl adjacent to an activating group) is 1. The second-order valence-corrected chi connectivity index (χ2v) is 7.30. The summed E-state index contributed by atoms with van der Waals surface area (Å²) in [5.41, 5.74) is 2.21. The van der Waals surface area contributed by atoms with Crippen LogP contribution in [0.15, 0.2) is 48.5 Å². The number of carbonyl (C=O) groups excluding carboxylic acids is 1. The van der Waals surface area contributed by atoms with Gasteiger partial charge in [-0.15, -0.1) is 13.2 Å². The fraction of sp³-hybridized carbons (Fsp3) is 0.391. The molecule has 0 radical (unpaired) electrons. The molecule has 0 fully saturated rings.